The summed E-state index contributed by atoms with van der Waals surface area (Å²) in [5.41, 5.74) is 2.36. The van der Waals surface area contributed by atoms with Gasteiger partial charge in [0.25, 0.3) is 6.43 Å². The van der Waals surface area contributed by atoms with Gasteiger partial charge in [-0.15, -0.1) is 0 Å². The summed E-state index contributed by atoms with van der Waals surface area (Å²) in [6, 6.07) is 1.81. The van der Waals surface area contributed by atoms with Crippen LogP contribution in [0, 0.1) is 6.92 Å². The van der Waals surface area contributed by atoms with Crippen molar-refractivity contribution in [3.8, 4) is 0 Å². The highest BCUT2D eigenvalue weighted by Crippen LogP contribution is 2.36. The van der Waals surface area contributed by atoms with Gasteiger partial charge < -0.3 is 15.1 Å². The van der Waals surface area contributed by atoms with Crippen LogP contribution < -0.4 is 15.1 Å². The predicted molar refractivity (Wildman–Crippen MR) is 112 cm³/mol. The first-order valence-corrected chi connectivity index (χ1v) is 9.45. The molecule has 0 atom stereocenters. The monoisotopic (exact) mass is 443 g/mol. The first-order valence-electron chi connectivity index (χ1n) is 11.0. The Hall–Kier alpha value is -4.16. The molecule has 0 fully saturated rings. The summed E-state index contributed by atoms with van der Waals surface area (Å²) in [6.07, 6.45) is 4.38. The lowest BCUT2D eigenvalue weighted by molar-refractivity contribution is -0.117. The van der Waals surface area contributed by atoms with Gasteiger partial charge in [-0.1, -0.05) is 0 Å². The van der Waals surface area contributed by atoms with Gasteiger partial charge in [-0.3, -0.25) is 9.48 Å². The molecule has 0 spiro atoms. The molecule has 1 aliphatic heterocycles. The minimum Gasteiger partial charge on any atom is -0.323 e. The van der Waals surface area contributed by atoms with Gasteiger partial charge in [0.15, 0.2) is 11.5 Å². The number of rotatable bonds is 5. The van der Waals surface area contributed by atoms with E-state index in [0.29, 0.717) is 21.9 Å². The van der Waals surface area contributed by atoms with Crippen molar-refractivity contribution < 1.29 is 17.7 Å². The standard InChI is InChI=1S/C19H18F2N10O/c1-11-3-16-23-10-25-31(16)7-13(11)26-19-22-5-14-18(27-19)30(9-17(32)28(14)2)12-4-24-29(6-12)8-15(20)21/h3-7,10,15H,8-9H2,1-2H3,(H,22,26,27)/i2D3. The molecule has 4 aromatic rings. The zero-order valence-corrected chi connectivity index (χ0v) is 16.6. The van der Waals surface area contributed by atoms with Gasteiger partial charge in [-0.05, 0) is 18.6 Å². The number of amides is 1. The highest BCUT2D eigenvalue weighted by molar-refractivity contribution is 6.03. The number of nitrogens with one attached hydrogen (secondary N) is 1. The van der Waals surface area contributed by atoms with Crippen LogP contribution in [-0.2, 0) is 11.3 Å². The molecule has 4 aromatic heterocycles. The van der Waals surface area contributed by atoms with Gasteiger partial charge in [0.1, 0.15) is 25.1 Å². The molecule has 5 heterocycles. The average molecular weight is 443 g/mol. The van der Waals surface area contributed by atoms with Crippen molar-refractivity contribution in [2.24, 2.45) is 0 Å². The Morgan fingerprint density at radius 2 is 2.12 bits per heavy atom. The number of likely N-dealkylation sites (N-methyl/N-ethyl adjacent to an activating group) is 1. The largest absolute Gasteiger partial charge is 0.323 e. The number of carbonyl (C=O) groups excluding carboxylic acids is 1. The molecule has 0 saturated carbocycles. The molecule has 0 unspecified atom stereocenters. The Morgan fingerprint density at radius 3 is 2.94 bits per heavy atom. The lowest BCUT2D eigenvalue weighted by atomic mass is 10.2. The zero-order chi connectivity index (χ0) is 24.9. The van der Waals surface area contributed by atoms with Crippen LogP contribution >= 0.6 is 0 Å². The summed E-state index contributed by atoms with van der Waals surface area (Å²) in [6.45, 7) is -1.93. The van der Waals surface area contributed by atoms with Crippen LogP contribution in [0.1, 0.15) is 9.68 Å². The minimum atomic E-state index is -2.77. The number of aromatic nitrogens is 7. The van der Waals surface area contributed by atoms with Crippen LogP contribution in [0.3, 0.4) is 0 Å². The number of alkyl halides is 2. The number of anilines is 5. The third-order valence-corrected chi connectivity index (χ3v) is 4.91. The van der Waals surface area contributed by atoms with E-state index in [1.807, 2.05) is 13.0 Å². The number of halogens is 2. The van der Waals surface area contributed by atoms with E-state index in [9.17, 15) is 13.6 Å². The molecule has 164 valence electrons. The van der Waals surface area contributed by atoms with E-state index in [2.05, 4.69) is 30.5 Å². The second-order valence-corrected chi connectivity index (χ2v) is 7.09. The van der Waals surface area contributed by atoms with E-state index in [0.717, 1.165) is 10.2 Å². The summed E-state index contributed by atoms with van der Waals surface area (Å²) in [5, 5.41) is 11.1. The lowest BCUT2D eigenvalue weighted by Crippen LogP contribution is -2.42. The SMILES string of the molecule is [2H]C([2H])([2H])N1C(=O)CN(c2cnn(CC(F)F)c2)c2nc(Nc3cn4ncnc4cc3C)ncc21. The van der Waals surface area contributed by atoms with Gasteiger partial charge in [-0.25, -0.2) is 23.3 Å². The molecule has 32 heavy (non-hydrogen) atoms. The molecule has 0 aromatic carbocycles. The van der Waals surface area contributed by atoms with Gasteiger partial charge in [0, 0.05) is 17.3 Å². The molecule has 5 rings (SSSR count). The van der Waals surface area contributed by atoms with E-state index < -0.39 is 25.9 Å². The van der Waals surface area contributed by atoms with Gasteiger partial charge in [0.2, 0.25) is 11.9 Å². The Morgan fingerprint density at radius 1 is 1.25 bits per heavy atom. The summed E-state index contributed by atoms with van der Waals surface area (Å²) in [4.78, 5) is 27.7. The van der Waals surface area contributed by atoms with E-state index >= 15 is 0 Å². The topological polar surface area (TPSA) is 109 Å². The number of carbonyl (C=O) groups is 1. The maximum absolute atomic E-state index is 12.8. The van der Waals surface area contributed by atoms with Crippen LogP contribution in [0.25, 0.3) is 5.65 Å². The summed E-state index contributed by atoms with van der Waals surface area (Å²) in [7, 11) is 0. The molecule has 0 saturated heterocycles. The van der Waals surface area contributed by atoms with Gasteiger partial charge in [-0.2, -0.15) is 15.2 Å². The Balaban J connectivity index is 1.56. The zero-order valence-electron chi connectivity index (χ0n) is 19.6. The average Bonchev–Trinajstić information content (AvgIpc) is 3.41. The fourth-order valence-electron chi connectivity index (χ4n) is 3.35. The normalized spacial score (nSPS) is 15.6. The van der Waals surface area contributed by atoms with Crippen molar-refractivity contribution in [2.45, 2.75) is 19.9 Å². The van der Waals surface area contributed by atoms with Crippen LogP contribution in [0.15, 0.2) is 37.2 Å². The number of pyridine rings is 1. The number of fused-ring (bicyclic) bond motifs is 2. The fraction of sp³-hybridized carbons (Fsp3) is 0.263. The van der Waals surface area contributed by atoms with Crippen molar-refractivity contribution in [1.29, 1.82) is 0 Å². The first-order chi connectivity index (χ1) is 16.6. The number of aryl methyl sites for hydroxylation is 1. The van der Waals surface area contributed by atoms with Crippen LogP contribution in [0.2, 0.25) is 0 Å². The van der Waals surface area contributed by atoms with E-state index in [-0.39, 0.29) is 24.0 Å². The van der Waals surface area contributed by atoms with Crippen LogP contribution in [0.4, 0.5) is 37.6 Å². The highest BCUT2D eigenvalue weighted by atomic mass is 19.3. The molecule has 0 radical (unpaired) electrons. The highest BCUT2D eigenvalue weighted by Gasteiger charge is 2.31. The third kappa shape index (κ3) is 3.46. The molecule has 1 N–H and O–H groups in total. The molecule has 11 nitrogen and oxygen atoms in total. The van der Waals surface area contributed by atoms with Crippen molar-refractivity contribution in [3.05, 3.63) is 42.7 Å². The van der Waals surface area contributed by atoms with E-state index in [1.54, 1.807) is 10.7 Å². The molecule has 0 aliphatic carbocycles. The fourth-order valence-corrected chi connectivity index (χ4v) is 3.35. The molecular formula is C19H18F2N10O. The molecular weight excluding hydrogens is 422 g/mol. The van der Waals surface area contributed by atoms with Crippen molar-refractivity contribution in [1.82, 2.24) is 34.3 Å². The summed E-state index contributed by atoms with van der Waals surface area (Å²) >= 11 is 0. The van der Waals surface area contributed by atoms with Crippen molar-refractivity contribution >= 4 is 40.4 Å². The van der Waals surface area contributed by atoms with Crippen molar-refractivity contribution in [3.63, 3.8) is 0 Å². The number of hydrogen-bond acceptors (Lipinski definition) is 8. The predicted octanol–water partition coefficient (Wildman–Crippen LogP) is 2.15. The van der Waals surface area contributed by atoms with Gasteiger partial charge >= 0.3 is 0 Å². The lowest BCUT2D eigenvalue weighted by Gasteiger charge is -2.33. The second kappa shape index (κ2) is 7.51. The number of hydrogen-bond donors (Lipinski definition) is 1. The smallest absolute Gasteiger partial charge is 0.257 e. The molecule has 1 aliphatic rings. The Kier molecular flexibility index (Phi) is 3.88. The van der Waals surface area contributed by atoms with Gasteiger partial charge in [0.05, 0.1) is 30.0 Å². The summed E-state index contributed by atoms with van der Waals surface area (Å²) < 4.78 is 51.6. The maximum atomic E-state index is 12.8. The van der Waals surface area contributed by atoms with Crippen LogP contribution in [0.5, 0.6) is 0 Å². The van der Waals surface area contributed by atoms with E-state index in [1.165, 1.54) is 29.8 Å². The number of nitrogens with zero attached hydrogens (tertiary/aromatic N) is 9. The summed E-state index contributed by atoms with van der Waals surface area (Å²) in [5.74, 6) is -0.499. The third-order valence-electron chi connectivity index (χ3n) is 4.91. The second-order valence-electron chi connectivity index (χ2n) is 7.09. The quantitative estimate of drug-likeness (QED) is 0.500. The molecule has 13 heteroatoms. The van der Waals surface area contributed by atoms with E-state index in [4.69, 9.17) is 4.11 Å². The first kappa shape index (κ1) is 16.5. The minimum absolute atomic E-state index is 0.0446. The Labute approximate surface area is 184 Å². The Bertz CT molecular complexity index is 1420. The molecule has 0 bridgehead atoms. The molecule has 1 amide bonds. The van der Waals surface area contributed by atoms with Crippen LogP contribution in [-0.4, -0.2) is 60.2 Å². The van der Waals surface area contributed by atoms with Crippen molar-refractivity contribution in [2.75, 3.05) is 28.6 Å². The maximum Gasteiger partial charge on any atom is 0.257 e.